The van der Waals surface area contributed by atoms with Crippen LogP contribution in [0, 0.1) is 0 Å². The Hall–Kier alpha value is 0.110. The molecule has 12 heavy (non-hydrogen) atoms. The van der Waals surface area contributed by atoms with Gasteiger partial charge in [0.05, 0.1) is 6.61 Å². The van der Waals surface area contributed by atoms with Gasteiger partial charge in [0.1, 0.15) is 0 Å². The maximum Gasteiger partial charge on any atom is 0.325 e. The molecule has 0 bridgehead atoms. The Balaban J connectivity index is 3.48. The Bertz CT molecular complexity index is 153. The molecule has 0 aromatic rings. The van der Waals surface area contributed by atoms with Gasteiger partial charge in [0, 0.05) is 13.2 Å². The average molecular weight is 195 g/mol. The first-order valence-electron chi connectivity index (χ1n) is 4.16. The van der Waals surface area contributed by atoms with Crippen molar-refractivity contribution in [2.75, 3.05) is 32.9 Å². The Kier molecular flexibility index (Phi) is 5.76. The lowest BCUT2D eigenvalue weighted by Gasteiger charge is -2.17. The monoisotopic (exact) mass is 195 g/mol. The van der Waals surface area contributed by atoms with Crippen molar-refractivity contribution in [3.05, 3.63) is 0 Å². The minimum atomic E-state index is -3.27. The van der Waals surface area contributed by atoms with Crippen molar-refractivity contribution < 1.29 is 14.0 Å². The smallest absolute Gasteiger partial charge is 0.324 e. The highest BCUT2D eigenvalue weighted by molar-refractivity contribution is 7.51. The van der Waals surface area contributed by atoms with E-state index >= 15 is 0 Å². The Morgan fingerprint density at radius 2 is 1.92 bits per heavy atom. The minimum Gasteiger partial charge on any atom is -0.324 e. The summed E-state index contributed by atoms with van der Waals surface area (Å²) in [5.74, 6) is 0. The van der Waals surface area contributed by atoms with Gasteiger partial charge in [-0.1, -0.05) is 13.8 Å². The predicted octanol–water partition coefficient (Wildman–Crippen LogP) is 1.16. The first-order valence-corrected chi connectivity index (χ1v) is 6.19. The number of hydrogen-bond donors (Lipinski definition) is 1. The quantitative estimate of drug-likeness (QED) is 0.646. The molecule has 0 aliphatic carbocycles. The highest BCUT2D eigenvalue weighted by Gasteiger charge is 2.09. The Morgan fingerprint density at radius 3 is 2.25 bits per heavy atom. The van der Waals surface area contributed by atoms with Crippen molar-refractivity contribution in [1.29, 1.82) is 0 Å². The third-order valence-electron chi connectivity index (χ3n) is 1.63. The van der Waals surface area contributed by atoms with Crippen molar-refractivity contribution in [3.8, 4) is 0 Å². The lowest BCUT2D eigenvalue weighted by molar-refractivity contribution is 0.205. The van der Waals surface area contributed by atoms with E-state index in [9.17, 15) is 4.57 Å². The summed E-state index contributed by atoms with van der Waals surface area (Å²) >= 11 is 0. The van der Waals surface area contributed by atoms with Crippen LogP contribution in [0.3, 0.4) is 0 Å². The standard InChI is InChI=1S/C7H18NO3P/c1-4-8(5-2)6-7-11-12(3,9)10/h4-7H2,1-3H3,(H,9,10). The van der Waals surface area contributed by atoms with Crippen LogP contribution >= 0.6 is 7.60 Å². The maximum atomic E-state index is 10.7. The second kappa shape index (κ2) is 5.70. The van der Waals surface area contributed by atoms with E-state index in [2.05, 4.69) is 4.90 Å². The molecule has 0 spiro atoms. The summed E-state index contributed by atoms with van der Waals surface area (Å²) in [5, 5.41) is 0. The maximum absolute atomic E-state index is 10.7. The largest absolute Gasteiger partial charge is 0.325 e. The molecule has 0 heterocycles. The third-order valence-corrected chi connectivity index (χ3v) is 2.29. The second-order valence-corrected chi connectivity index (χ2v) is 4.53. The molecule has 0 saturated carbocycles. The molecule has 0 radical (unpaired) electrons. The van der Waals surface area contributed by atoms with Crippen molar-refractivity contribution in [2.24, 2.45) is 0 Å². The van der Waals surface area contributed by atoms with Crippen LogP contribution in [0.5, 0.6) is 0 Å². The van der Waals surface area contributed by atoms with Crippen LogP contribution in [-0.2, 0) is 9.09 Å². The Labute approximate surface area is 74.1 Å². The SMILES string of the molecule is CCN(CC)CCOP(C)(=O)O. The van der Waals surface area contributed by atoms with Crippen LogP contribution in [0.25, 0.3) is 0 Å². The van der Waals surface area contributed by atoms with Gasteiger partial charge < -0.3 is 14.3 Å². The van der Waals surface area contributed by atoms with Gasteiger partial charge in [0.25, 0.3) is 0 Å². The molecule has 5 heteroatoms. The molecule has 0 saturated heterocycles. The molecule has 4 nitrogen and oxygen atoms in total. The van der Waals surface area contributed by atoms with E-state index in [-0.39, 0.29) is 0 Å². The van der Waals surface area contributed by atoms with E-state index in [4.69, 9.17) is 9.42 Å². The fourth-order valence-electron chi connectivity index (χ4n) is 0.879. The molecule has 0 rings (SSSR count). The van der Waals surface area contributed by atoms with Crippen LogP contribution in [0.15, 0.2) is 0 Å². The van der Waals surface area contributed by atoms with Crippen molar-refractivity contribution in [1.82, 2.24) is 4.90 Å². The second-order valence-electron chi connectivity index (χ2n) is 2.66. The third kappa shape index (κ3) is 6.80. The van der Waals surface area contributed by atoms with E-state index in [0.717, 1.165) is 13.1 Å². The van der Waals surface area contributed by atoms with Crippen molar-refractivity contribution in [2.45, 2.75) is 13.8 Å². The lowest BCUT2D eigenvalue weighted by atomic mass is 10.5. The van der Waals surface area contributed by atoms with Crippen molar-refractivity contribution in [3.63, 3.8) is 0 Å². The number of nitrogens with zero attached hydrogens (tertiary/aromatic N) is 1. The molecule has 0 amide bonds. The number of likely N-dealkylation sites (N-methyl/N-ethyl adjacent to an activating group) is 1. The molecule has 0 aliphatic heterocycles. The fourth-order valence-corrected chi connectivity index (χ4v) is 1.30. The van der Waals surface area contributed by atoms with Crippen LogP contribution in [0.4, 0.5) is 0 Å². The predicted molar refractivity (Wildman–Crippen MR) is 49.5 cm³/mol. The highest BCUT2D eigenvalue weighted by Crippen LogP contribution is 2.35. The van der Waals surface area contributed by atoms with Crippen LogP contribution in [0.2, 0.25) is 0 Å². The summed E-state index contributed by atoms with van der Waals surface area (Å²) in [5.41, 5.74) is 0. The van der Waals surface area contributed by atoms with Gasteiger partial charge in [-0.3, -0.25) is 4.57 Å². The van der Waals surface area contributed by atoms with Gasteiger partial charge in [0.15, 0.2) is 0 Å². The molecule has 1 atom stereocenters. The molecular formula is C7H18NO3P. The fraction of sp³-hybridized carbons (Fsp3) is 1.00. The van der Waals surface area contributed by atoms with E-state index < -0.39 is 7.60 Å². The summed E-state index contributed by atoms with van der Waals surface area (Å²) in [6.45, 7) is 8.23. The zero-order valence-electron chi connectivity index (χ0n) is 7.99. The average Bonchev–Trinajstić information content (AvgIpc) is 1.96. The molecule has 0 aliphatic rings. The van der Waals surface area contributed by atoms with Gasteiger partial charge in [-0.15, -0.1) is 0 Å². The van der Waals surface area contributed by atoms with Gasteiger partial charge in [0.2, 0.25) is 0 Å². The Morgan fingerprint density at radius 1 is 1.42 bits per heavy atom. The first-order chi connectivity index (χ1) is 5.49. The molecule has 1 unspecified atom stereocenters. The van der Waals surface area contributed by atoms with Gasteiger partial charge in [-0.2, -0.15) is 0 Å². The van der Waals surface area contributed by atoms with Gasteiger partial charge >= 0.3 is 7.60 Å². The van der Waals surface area contributed by atoms with E-state index in [1.54, 1.807) is 0 Å². The normalized spacial score (nSPS) is 16.4. The first kappa shape index (κ1) is 12.1. The summed E-state index contributed by atoms with van der Waals surface area (Å²) in [7, 11) is -3.27. The minimum absolute atomic E-state index is 0.325. The molecule has 0 fully saturated rings. The summed E-state index contributed by atoms with van der Waals surface area (Å²) in [4.78, 5) is 10.9. The highest BCUT2D eigenvalue weighted by atomic mass is 31.2. The van der Waals surface area contributed by atoms with Crippen LogP contribution in [0.1, 0.15) is 13.8 Å². The van der Waals surface area contributed by atoms with Gasteiger partial charge in [-0.25, -0.2) is 0 Å². The van der Waals surface area contributed by atoms with Gasteiger partial charge in [-0.05, 0) is 13.1 Å². The van der Waals surface area contributed by atoms with Crippen LogP contribution in [-0.4, -0.2) is 42.7 Å². The van der Waals surface area contributed by atoms with Crippen LogP contribution < -0.4 is 0 Å². The summed E-state index contributed by atoms with van der Waals surface area (Å²) in [6, 6.07) is 0. The lowest BCUT2D eigenvalue weighted by Crippen LogP contribution is -2.26. The topological polar surface area (TPSA) is 49.8 Å². The molecular weight excluding hydrogens is 177 g/mol. The van der Waals surface area contributed by atoms with E-state index in [1.165, 1.54) is 6.66 Å². The molecule has 1 N–H and O–H groups in total. The number of rotatable bonds is 6. The van der Waals surface area contributed by atoms with E-state index in [1.807, 2.05) is 13.8 Å². The number of hydrogen-bond acceptors (Lipinski definition) is 3. The summed E-state index contributed by atoms with van der Waals surface area (Å²) < 4.78 is 15.4. The zero-order chi connectivity index (χ0) is 9.61. The molecule has 0 aromatic heterocycles. The zero-order valence-corrected chi connectivity index (χ0v) is 8.88. The molecule has 74 valence electrons. The van der Waals surface area contributed by atoms with E-state index in [0.29, 0.717) is 13.2 Å². The molecule has 0 aromatic carbocycles. The summed E-state index contributed by atoms with van der Waals surface area (Å²) in [6.07, 6.45) is 0. The van der Waals surface area contributed by atoms with Crippen molar-refractivity contribution >= 4 is 7.60 Å².